The van der Waals surface area contributed by atoms with Gasteiger partial charge < -0.3 is 41.3 Å². The van der Waals surface area contributed by atoms with Crippen molar-refractivity contribution in [3.63, 3.8) is 0 Å². The molecule has 0 rings (SSSR count). The lowest BCUT2D eigenvalue weighted by Crippen LogP contribution is -2.44. The molecule has 0 aliphatic carbocycles. The second-order valence-corrected chi connectivity index (χ2v) is 15.6. The maximum absolute atomic E-state index is 10.9. The van der Waals surface area contributed by atoms with Crippen LogP contribution in [0.5, 0.6) is 0 Å². The molecule has 61 heavy (non-hydrogen) atoms. The minimum Gasteiger partial charge on any atom is -0.394 e. The molecule has 0 fully saturated rings. The third-order valence-electron chi connectivity index (χ3n) is 10.3. The van der Waals surface area contributed by atoms with E-state index in [0.717, 1.165) is 57.9 Å². The molecule has 0 aliphatic heterocycles. The first-order chi connectivity index (χ1) is 26.5. The number of hydrogen-bond acceptors (Lipinski definition) is 10. The van der Waals surface area contributed by atoms with Crippen LogP contribution in [0.4, 0.5) is 0 Å². The van der Waals surface area contributed by atoms with Crippen LogP contribution in [0, 0.1) is 0 Å². The van der Waals surface area contributed by atoms with Gasteiger partial charge in [0.15, 0.2) is 0 Å². The van der Waals surface area contributed by atoms with Crippen LogP contribution < -0.4 is 27.6 Å². The summed E-state index contributed by atoms with van der Waals surface area (Å²) in [6.07, 6.45) is 36.9. The Bertz CT molecular complexity index is 750. The Labute approximate surface area is 416 Å². The molecular weight excluding hydrogens is 899 g/mol. The summed E-state index contributed by atoms with van der Waals surface area (Å²) in [6.45, 7) is 14.2. The third-order valence-corrected chi connectivity index (χ3v) is 10.3. The van der Waals surface area contributed by atoms with E-state index in [1.807, 2.05) is 0 Å². The van der Waals surface area contributed by atoms with Crippen molar-refractivity contribution in [2.75, 3.05) is 72.6 Å². The van der Waals surface area contributed by atoms with Crippen molar-refractivity contribution < 1.29 is 14.7 Å². The predicted octanol–water partition coefficient (Wildman–Crippen LogP) is 10.7. The lowest BCUT2D eigenvalue weighted by atomic mass is 10.1. The first kappa shape index (κ1) is 81.9. The highest BCUT2D eigenvalue weighted by Gasteiger charge is 2.09. The van der Waals surface area contributed by atoms with E-state index >= 15 is 0 Å². The number of aldehydes is 2. The highest BCUT2D eigenvalue weighted by atomic mass is 35.5. The van der Waals surface area contributed by atoms with Gasteiger partial charge in [-0.25, -0.2) is 5.43 Å². The molecule has 380 valence electrons. The van der Waals surface area contributed by atoms with Crippen molar-refractivity contribution in [2.45, 2.75) is 207 Å². The fourth-order valence-corrected chi connectivity index (χ4v) is 6.78. The molecule has 16 heteroatoms. The maximum atomic E-state index is 10.9. The Morgan fingerprint density at radius 2 is 0.852 bits per heavy atom. The molecule has 0 aromatic carbocycles. The maximum Gasteiger partial charge on any atom is 0.140 e. The summed E-state index contributed by atoms with van der Waals surface area (Å²) >= 11 is 0. The quantitative estimate of drug-likeness (QED) is 0.0198. The van der Waals surface area contributed by atoms with Gasteiger partial charge in [0.1, 0.15) is 12.6 Å². The summed E-state index contributed by atoms with van der Waals surface area (Å²) in [5.41, 5.74) is 16.6. The molecule has 0 spiro atoms. The summed E-state index contributed by atoms with van der Waals surface area (Å²) in [7, 11) is 2.06. The van der Waals surface area contributed by atoms with E-state index in [-0.39, 0.29) is 94.5 Å². The first-order valence-corrected chi connectivity index (χ1v) is 23.1. The highest BCUT2D eigenvalue weighted by Crippen LogP contribution is 2.13. The summed E-state index contributed by atoms with van der Waals surface area (Å²) in [4.78, 5) is 26.3. The average molecular weight is 1010 g/mol. The molecule has 0 heterocycles. The van der Waals surface area contributed by atoms with Crippen molar-refractivity contribution in [1.29, 1.82) is 0 Å². The molecule has 8 N–H and O–H groups in total. The summed E-state index contributed by atoms with van der Waals surface area (Å²) in [6, 6.07) is -0.805. The summed E-state index contributed by atoms with van der Waals surface area (Å²) in [5.74, 6) is 0. The Hall–Kier alpha value is 0.760. The minimum absolute atomic E-state index is 0. The second-order valence-electron chi connectivity index (χ2n) is 15.6. The number of rotatable bonds is 44. The topological polar surface area (TPSA) is 149 Å². The number of aliphatic hydroxyl groups is 1. The van der Waals surface area contributed by atoms with E-state index in [1.165, 1.54) is 180 Å². The molecule has 0 radical (unpaired) electrons. The van der Waals surface area contributed by atoms with Gasteiger partial charge in [0.2, 0.25) is 0 Å². The van der Waals surface area contributed by atoms with Crippen molar-refractivity contribution in [1.82, 2.24) is 26.0 Å². The Balaban J connectivity index is -0.000000216. The van der Waals surface area contributed by atoms with Gasteiger partial charge in [0, 0.05) is 6.54 Å². The molecule has 0 amide bonds. The number of nitrogens with one attached hydrogen (secondary N) is 3. The van der Waals surface area contributed by atoms with E-state index in [1.54, 1.807) is 0 Å². The molecule has 0 aromatic rings. The number of carbonyl (C=O) groups excluding carboxylic acids is 2. The number of hydrazine groups is 1. The number of aliphatic hydroxyl groups excluding tert-OH is 1. The molecule has 2 atom stereocenters. The Morgan fingerprint density at radius 3 is 1.18 bits per heavy atom. The van der Waals surface area contributed by atoms with E-state index < -0.39 is 6.04 Å². The van der Waals surface area contributed by atoms with Gasteiger partial charge in [-0.3, -0.25) is 5.43 Å². The molecular formula is C45H105Cl6N7O3. The Kier molecular flexibility index (Phi) is 97.2. The zero-order valence-corrected chi connectivity index (χ0v) is 43.6. The lowest BCUT2D eigenvalue weighted by molar-refractivity contribution is -0.110. The van der Waals surface area contributed by atoms with Crippen LogP contribution in [0.15, 0.2) is 0 Å². The SMILES string of the molecule is C.CCCCCCCCCCCCN(CCCCN(CCCCCCCCCCCC)CCCNN[C@@H](C=O)CO)CCCNC.Cl.Cl.Cl.Cl.Cl.Cl.NCCCC[C@@H](N)C=O. The molecule has 0 unspecified atom stereocenters. The Morgan fingerprint density at radius 1 is 0.508 bits per heavy atom. The number of halogens is 6. The smallest absolute Gasteiger partial charge is 0.140 e. The molecule has 10 nitrogen and oxygen atoms in total. The minimum atomic E-state index is -0.524. The van der Waals surface area contributed by atoms with Crippen molar-refractivity contribution >= 4 is 87.0 Å². The van der Waals surface area contributed by atoms with Gasteiger partial charge in [0.25, 0.3) is 0 Å². The van der Waals surface area contributed by atoms with Crippen LogP contribution in [0.3, 0.4) is 0 Å². The standard InChI is InChI=1S/C38H81N5O2.C6H14N2O.CH4.6ClH/c1-4-6-8-10-12-14-16-18-20-22-30-42(34-26-28-39-3)32-24-25-33-43(35-27-29-40-41-38(36-44)37-45)31-23-21-19-17-15-13-11-9-7-5-2;7-4-2-1-3-6(8)5-9;;;;;;;/h36,38-41,45H,4-35,37H2,1-3H3;5-6H,1-4,7-8H2;1H4;6*1H/t38-;6-;;;;;;;/m01......./s1. The first-order valence-electron chi connectivity index (χ1n) is 23.1. The van der Waals surface area contributed by atoms with E-state index in [4.69, 9.17) is 11.5 Å². The number of nitrogens with zero attached hydrogens (tertiary/aromatic N) is 2. The van der Waals surface area contributed by atoms with Gasteiger partial charge in [-0.2, -0.15) is 0 Å². The zero-order valence-electron chi connectivity index (χ0n) is 38.7. The molecule has 0 bridgehead atoms. The zero-order chi connectivity index (χ0) is 40.0. The van der Waals surface area contributed by atoms with Crippen molar-refractivity contribution in [3.05, 3.63) is 0 Å². The predicted molar refractivity (Wildman–Crippen MR) is 284 cm³/mol. The highest BCUT2D eigenvalue weighted by molar-refractivity contribution is 5.86. The number of nitrogens with two attached hydrogens (primary N) is 2. The molecule has 0 saturated carbocycles. The lowest BCUT2D eigenvalue weighted by Gasteiger charge is -2.25. The van der Waals surface area contributed by atoms with Gasteiger partial charge >= 0.3 is 0 Å². The van der Waals surface area contributed by atoms with Crippen LogP contribution in [0.2, 0.25) is 0 Å². The van der Waals surface area contributed by atoms with Crippen molar-refractivity contribution in [3.8, 4) is 0 Å². The number of hydrogen-bond donors (Lipinski definition) is 6. The van der Waals surface area contributed by atoms with Crippen LogP contribution in [0.1, 0.15) is 195 Å². The fourth-order valence-electron chi connectivity index (χ4n) is 6.78. The van der Waals surface area contributed by atoms with Crippen LogP contribution in [-0.4, -0.2) is 112 Å². The molecule has 0 aliphatic rings. The van der Waals surface area contributed by atoms with Gasteiger partial charge in [-0.15, -0.1) is 74.4 Å². The summed E-state index contributed by atoms with van der Waals surface area (Å²) < 4.78 is 0. The normalized spacial score (nSPS) is 11.1. The van der Waals surface area contributed by atoms with E-state index in [0.29, 0.717) is 6.54 Å². The van der Waals surface area contributed by atoms with Gasteiger partial charge in [0.05, 0.1) is 18.7 Å². The van der Waals surface area contributed by atoms with Crippen LogP contribution in [-0.2, 0) is 9.59 Å². The third kappa shape index (κ3) is 67.5. The van der Waals surface area contributed by atoms with Crippen LogP contribution >= 0.6 is 74.4 Å². The summed E-state index contributed by atoms with van der Waals surface area (Å²) in [5, 5.41) is 12.5. The second kappa shape index (κ2) is 72.4. The monoisotopic (exact) mass is 1000 g/mol. The van der Waals surface area contributed by atoms with Crippen molar-refractivity contribution in [2.24, 2.45) is 11.5 Å². The average Bonchev–Trinajstić information content (AvgIpc) is 3.18. The van der Waals surface area contributed by atoms with Gasteiger partial charge in [-0.05, 0) is 111 Å². The molecule has 0 aromatic heterocycles. The largest absolute Gasteiger partial charge is 0.394 e. The van der Waals surface area contributed by atoms with Gasteiger partial charge in [-0.1, -0.05) is 143 Å². The molecule has 0 saturated heterocycles. The fraction of sp³-hybridized carbons (Fsp3) is 0.956. The van der Waals surface area contributed by atoms with E-state index in [2.05, 4.69) is 46.9 Å². The number of unbranched alkanes of at least 4 members (excludes halogenated alkanes) is 20. The van der Waals surface area contributed by atoms with E-state index in [9.17, 15) is 14.7 Å². The number of carbonyl (C=O) groups is 2. The van der Waals surface area contributed by atoms with Crippen LogP contribution in [0.25, 0.3) is 0 Å².